The fraction of sp³-hybridized carbons (Fsp3) is 0.368. The molecule has 5 heteroatoms. The molecule has 0 bridgehead atoms. The molecule has 1 aliphatic heterocycles. The number of hydrogen-bond acceptors (Lipinski definition) is 3. The van der Waals surface area contributed by atoms with Gasteiger partial charge in [-0.25, -0.2) is 0 Å². The van der Waals surface area contributed by atoms with E-state index in [1.807, 2.05) is 36.4 Å². The lowest BCUT2D eigenvalue weighted by atomic mass is 9.83. The van der Waals surface area contributed by atoms with Crippen LogP contribution in [0.5, 0.6) is 0 Å². The topological polar surface area (TPSA) is 57.6 Å². The minimum absolute atomic E-state index is 0.0140. The second-order valence-corrected chi connectivity index (χ2v) is 7.90. The van der Waals surface area contributed by atoms with Gasteiger partial charge in [0.2, 0.25) is 0 Å². The van der Waals surface area contributed by atoms with E-state index >= 15 is 0 Å². The second-order valence-electron chi connectivity index (χ2n) is 6.40. The SMILES string of the molecule is CCC1C(CS(=O)(=O)O)CN1C(c1ccccc1)c1ccccc1. The zero-order valence-electron chi connectivity index (χ0n) is 13.7. The average Bonchev–Trinajstić information content (AvgIpc) is 2.55. The molecule has 2 aromatic rings. The third-order valence-electron chi connectivity index (χ3n) is 4.82. The maximum Gasteiger partial charge on any atom is 0.265 e. The Balaban J connectivity index is 1.90. The van der Waals surface area contributed by atoms with E-state index < -0.39 is 10.1 Å². The van der Waals surface area contributed by atoms with Crippen molar-refractivity contribution < 1.29 is 13.0 Å². The zero-order chi connectivity index (χ0) is 17.2. The Kier molecular flexibility index (Phi) is 5.04. The molecule has 2 atom stereocenters. The Morgan fingerprint density at radius 2 is 1.54 bits per heavy atom. The van der Waals surface area contributed by atoms with Crippen molar-refractivity contribution in [3.05, 3.63) is 71.8 Å². The highest BCUT2D eigenvalue weighted by atomic mass is 32.2. The van der Waals surface area contributed by atoms with Crippen molar-refractivity contribution in [2.75, 3.05) is 12.3 Å². The summed E-state index contributed by atoms with van der Waals surface area (Å²) in [7, 11) is -3.93. The summed E-state index contributed by atoms with van der Waals surface area (Å²) in [5.41, 5.74) is 2.40. The molecule has 24 heavy (non-hydrogen) atoms. The molecule has 4 nitrogen and oxygen atoms in total. The molecule has 2 unspecified atom stereocenters. The predicted octanol–water partition coefficient (Wildman–Crippen LogP) is 3.37. The van der Waals surface area contributed by atoms with Gasteiger partial charge in [0, 0.05) is 18.5 Å². The van der Waals surface area contributed by atoms with Gasteiger partial charge in [-0.2, -0.15) is 8.42 Å². The van der Waals surface area contributed by atoms with Gasteiger partial charge in [0.25, 0.3) is 10.1 Å². The van der Waals surface area contributed by atoms with E-state index in [1.165, 1.54) is 11.1 Å². The summed E-state index contributed by atoms with van der Waals surface area (Å²) in [6.45, 7) is 2.74. The first kappa shape index (κ1) is 17.1. The minimum Gasteiger partial charge on any atom is -0.289 e. The summed E-state index contributed by atoms with van der Waals surface area (Å²) < 4.78 is 31.7. The maximum atomic E-state index is 11.2. The summed E-state index contributed by atoms with van der Waals surface area (Å²) in [4.78, 5) is 2.35. The van der Waals surface area contributed by atoms with E-state index in [0.29, 0.717) is 6.54 Å². The molecule has 1 N–H and O–H groups in total. The van der Waals surface area contributed by atoms with Crippen molar-refractivity contribution in [3.63, 3.8) is 0 Å². The number of rotatable bonds is 6. The fourth-order valence-electron chi connectivity index (χ4n) is 3.81. The average molecular weight is 345 g/mol. The van der Waals surface area contributed by atoms with Crippen LogP contribution in [0.3, 0.4) is 0 Å². The summed E-state index contributed by atoms with van der Waals surface area (Å²) in [5, 5.41) is 0. The van der Waals surface area contributed by atoms with E-state index in [1.54, 1.807) is 0 Å². The molecular weight excluding hydrogens is 322 g/mol. The van der Waals surface area contributed by atoms with Crippen LogP contribution in [0.4, 0.5) is 0 Å². The molecule has 1 aliphatic rings. The number of hydrogen-bond donors (Lipinski definition) is 1. The number of likely N-dealkylation sites (tertiary alicyclic amines) is 1. The van der Waals surface area contributed by atoms with Crippen molar-refractivity contribution >= 4 is 10.1 Å². The first-order chi connectivity index (χ1) is 11.5. The van der Waals surface area contributed by atoms with Crippen LogP contribution in [0.15, 0.2) is 60.7 Å². The minimum atomic E-state index is -3.93. The van der Waals surface area contributed by atoms with Crippen molar-refractivity contribution in [1.29, 1.82) is 0 Å². The van der Waals surface area contributed by atoms with Crippen LogP contribution in [-0.2, 0) is 10.1 Å². The van der Waals surface area contributed by atoms with Crippen molar-refractivity contribution in [2.45, 2.75) is 25.4 Å². The quantitative estimate of drug-likeness (QED) is 0.816. The standard InChI is InChI=1S/C19H23NO3S/c1-2-18-17(14-24(21,22)23)13-20(18)19(15-9-5-3-6-10-15)16-11-7-4-8-12-16/h3-12,17-19H,2,13-14H2,1H3,(H,21,22,23). The fourth-order valence-corrected chi connectivity index (χ4v) is 4.67. The Labute approximate surface area is 143 Å². The predicted molar refractivity (Wildman–Crippen MR) is 95.4 cm³/mol. The normalized spacial score (nSPS) is 21.6. The molecule has 128 valence electrons. The van der Waals surface area contributed by atoms with Crippen LogP contribution in [0.2, 0.25) is 0 Å². The molecule has 2 aromatic carbocycles. The molecule has 0 aromatic heterocycles. The third-order valence-corrected chi connectivity index (χ3v) is 5.67. The highest BCUT2D eigenvalue weighted by molar-refractivity contribution is 7.85. The van der Waals surface area contributed by atoms with Gasteiger partial charge in [-0.1, -0.05) is 67.6 Å². The van der Waals surface area contributed by atoms with Gasteiger partial charge < -0.3 is 0 Å². The van der Waals surface area contributed by atoms with Crippen molar-refractivity contribution in [1.82, 2.24) is 4.90 Å². The largest absolute Gasteiger partial charge is 0.289 e. The van der Waals surface area contributed by atoms with Crippen LogP contribution in [0.1, 0.15) is 30.5 Å². The van der Waals surface area contributed by atoms with Crippen LogP contribution in [0.25, 0.3) is 0 Å². The molecule has 3 rings (SSSR count). The van der Waals surface area contributed by atoms with Crippen molar-refractivity contribution in [3.8, 4) is 0 Å². The van der Waals surface area contributed by atoms with E-state index in [-0.39, 0.29) is 23.8 Å². The highest BCUT2D eigenvalue weighted by Gasteiger charge is 2.43. The first-order valence-corrected chi connectivity index (χ1v) is 9.91. The second kappa shape index (κ2) is 7.05. The zero-order valence-corrected chi connectivity index (χ0v) is 14.6. The van der Waals surface area contributed by atoms with Gasteiger partial charge >= 0.3 is 0 Å². The Bertz CT molecular complexity index is 722. The molecule has 0 aliphatic carbocycles. The van der Waals surface area contributed by atoms with Crippen LogP contribution < -0.4 is 0 Å². The Hall–Kier alpha value is -1.69. The lowest BCUT2D eigenvalue weighted by molar-refractivity contribution is -0.00285. The van der Waals surface area contributed by atoms with Gasteiger partial charge in [-0.05, 0) is 17.5 Å². The lowest BCUT2D eigenvalue weighted by Gasteiger charge is -2.52. The summed E-state index contributed by atoms with van der Waals surface area (Å²) in [6.07, 6.45) is 0.857. The van der Waals surface area contributed by atoms with Gasteiger partial charge in [0.15, 0.2) is 0 Å². The molecule has 1 fully saturated rings. The molecule has 0 amide bonds. The first-order valence-electron chi connectivity index (χ1n) is 8.30. The van der Waals surface area contributed by atoms with Gasteiger partial charge in [0.1, 0.15) is 0 Å². The molecule has 0 saturated carbocycles. The summed E-state index contributed by atoms with van der Waals surface area (Å²) >= 11 is 0. The smallest absolute Gasteiger partial charge is 0.265 e. The Morgan fingerprint density at radius 3 is 1.96 bits per heavy atom. The van der Waals surface area contributed by atoms with Crippen LogP contribution >= 0.6 is 0 Å². The van der Waals surface area contributed by atoms with Crippen molar-refractivity contribution in [2.24, 2.45) is 5.92 Å². The highest BCUT2D eigenvalue weighted by Crippen LogP contribution is 2.40. The lowest BCUT2D eigenvalue weighted by Crippen LogP contribution is -2.59. The summed E-state index contributed by atoms with van der Waals surface area (Å²) in [5.74, 6) is -0.168. The van der Waals surface area contributed by atoms with Crippen LogP contribution in [0, 0.1) is 5.92 Å². The van der Waals surface area contributed by atoms with Gasteiger partial charge in [-0.3, -0.25) is 9.45 Å². The van der Waals surface area contributed by atoms with E-state index in [0.717, 1.165) is 6.42 Å². The molecule has 1 saturated heterocycles. The monoisotopic (exact) mass is 345 g/mol. The maximum absolute atomic E-state index is 11.2. The number of benzene rings is 2. The third kappa shape index (κ3) is 3.69. The van der Waals surface area contributed by atoms with E-state index in [9.17, 15) is 13.0 Å². The molecule has 0 radical (unpaired) electrons. The van der Waals surface area contributed by atoms with E-state index in [2.05, 4.69) is 36.1 Å². The Morgan fingerprint density at radius 1 is 1.04 bits per heavy atom. The van der Waals surface area contributed by atoms with Gasteiger partial charge in [0.05, 0.1) is 11.8 Å². The summed E-state index contributed by atoms with van der Waals surface area (Å²) in [6, 6.07) is 20.8. The molecular formula is C19H23NO3S. The number of nitrogens with zero attached hydrogens (tertiary/aromatic N) is 1. The van der Waals surface area contributed by atoms with Crippen LogP contribution in [-0.4, -0.2) is 36.2 Å². The van der Waals surface area contributed by atoms with Gasteiger partial charge in [-0.15, -0.1) is 0 Å². The molecule has 1 heterocycles. The molecule has 0 spiro atoms. The van der Waals surface area contributed by atoms with E-state index in [4.69, 9.17) is 0 Å².